The van der Waals surface area contributed by atoms with Crippen LogP contribution < -0.4 is 5.32 Å². The molecule has 114 valence electrons. The number of aliphatic hydroxyl groups excluding tert-OH is 2. The van der Waals surface area contributed by atoms with E-state index in [-0.39, 0.29) is 19.3 Å². The fourth-order valence-electron chi connectivity index (χ4n) is 2.29. The Hall–Kier alpha value is -0.460. The Morgan fingerprint density at radius 2 is 1.90 bits per heavy atom. The van der Waals surface area contributed by atoms with Gasteiger partial charge in [-0.25, -0.2) is 0 Å². The Labute approximate surface area is 129 Å². The fraction of sp³-hybridized carbons (Fsp3) is 0.600. The van der Waals surface area contributed by atoms with Crippen molar-refractivity contribution in [3.63, 3.8) is 0 Å². The zero-order valence-electron chi connectivity index (χ0n) is 12.1. The largest absolute Gasteiger partial charge is 0.395 e. The predicted octanol–water partition coefficient (Wildman–Crippen LogP) is 1.78. The van der Waals surface area contributed by atoms with Gasteiger partial charge in [-0.2, -0.15) is 0 Å². The van der Waals surface area contributed by atoms with E-state index in [2.05, 4.69) is 45.2 Å². The van der Waals surface area contributed by atoms with E-state index in [0.717, 1.165) is 24.0 Å². The maximum Gasteiger partial charge on any atom is 0.0558 e. The molecule has 1 aromatic carbocycles. The normalized spacial score (nSPS) is 12.8. The van der Waals surface area contributed by atoms with Crippen molar-refractivity contribution in [3.8, 4) is 0 Å². The van der Waals surface area contributed by atoms with Crippen molar-refractivity contribution in [1.82, 2.24) is 10.2 Å². The second-order valence-corrected chi connectivity index (χ2v) is 5.66. The number of aliphatic hydroxyl groups is 2. The van der Waals surface area contributed by atoms with Gasteiger partial charge in [-0.05, 0) is 30.7 Å². The fourth-order valence-corrected chi connectivity index (χ4v) is 2.70. The number of hydrogen-bond acceptors (Lipinski definition) is 4. The Morgan fingerprint density at radius 1 is 1.20 bits per heavy atom. The molecule has 0 saturated carbocycles. The molecule has 1 unspecified atom stereocenters. The maximum absolute atomic E-state index is 9.04. The van der Waals surface area contributed by atoms with Crippen LogP contribution in [0, 0.1) is 0 Å². The minimum atomic E-state index is 0.128. The van der Waals surface area contributed by atoms with Gasteiger partial charge in [-0.3, -0.25) is 4.90 Å². The average molecular weight is 345 g/mol. The van der Waals surface area contributed by atoms with Crippen LogP contribution in [0.3, 0.4) is 0 Å². The van der Waals surface area contributed by atoms with Crippen molar-refractivity contribution < 1.29 is 10.2 Å². The quantitative estimate of drug-likeness (QED) is 0.605. The molecule has 0 aliphatic carbocycles. The molecule has 1 rings (SSSR count). The van der Waals surface area contributed by atoms with Crippen LogP contribution in [0.1, 0.15) is 24.9 Å². The van der Waals surface area contributed by atoms with E-state index in [4.69, 9.17) is 10.2 Å². The summed E-state index contributed by atoms with van der Waals surface area (Å²) in [5.41, 5.74) is 1.26. The molecule has 0 fully saturated rings. The molecule has 20 heavy (non-hydrogen) atoms. The summed E-state index contributed by atoms with van der Waals surface area (Å²) in [6.45, 7) is 5.34. The summed E-state index contributed by atoms with van der Waals surface area (Å²) in [6, 6.07) is 8.62. The summed E-state index contributed by atoms with van der Waals surface area (Å²) in [5.74, 6) is 0. The minimum Gasteiger partial charge on any atom is -0.395 e. The first-order valence-electron chi connectivity index (χ1n) is 7.14. The predicted molar refractivity (Wildman–Crippen MR) is 85.8 cm³/mol. The number of rotatable bonds is 10. The van der Waals surface area contributed by atoms with Crippen LogP contribution in [-0.4, -0.2) is 54.5 Å². The average Bonchev–Trinajstić information content (AvgIpc) is 2.43. The zero-order valence-corrected chi connectivity index (χ0v) is 13.6. The molecule has 5 heteroatoms. The van der Waals surface area contributed by atoms with Crippen molar-refractivity contribution in [2.45, 2.75) is 19.4 Å². The Morgan fingerprint density at radius 3 is 2.45 bits per heavy atom. The second kappa shape index (κ2) is 10.3. The van der Waals surface area contributed by atoms with Crippen LogP contribution >= 0.6 is 15.9 Å². The van der Waals surface area contributed by atoms with E-state index in [9.17, 15) is 0 Å². The summed E-state index contributed by atoms with van der Waals surface area (Å²) in [6.07, 6.45) is 0.949. The monoisotopic (exact) mass is 344 g/mol. The van der Waals surface area contributed by atoms with Crippen molar-refractivity contribution in [3.05, 3.63) is 34.3 Å². The van der Waals surface area contributed by atoms with Crippen molar-refractivity contribution in [1.29, 1.82) is 0 Å². The van der Waals surface area contributed by atoms with Gasteiger partial charge in [-0.15, -0.1) is 0 Å². The van der Waals surface area contributed by atoms with Gasteiger partial charge in [0, 0.05) is 30.1 Å². The van der Waals surface area contributed by atoms with Gasteiger partial charge in [0.25, 0.3) is 0 Å². The maximum atomic E-state index is 9.04. The van der Waals surface area contributed by atoms with Crippen LogP contribution in [0.5, 0.6) is 0 Å². The SMILES string of the molecule is CCNC(CCN(CCO)CCO)c1cccc(Br)c1. The van der Waals surface area contributed by atoms with Gasteiger partial charge < -0.3 is 15.5 Å². The third kappa shape index (κ3) is 6.33. The van der Waals surface area contributed by atoms with E-state index in [0.29, 0.717) is 13.1 Å². The van der Waals surface area contributed by atoms with Gasteiger partial charge >= 0.3 is 0 Å². The molecule has 0 aliphatic heterocycles. The van der Waals surface area contributed by atoms with Gasteiger partial charge in [0.1, 0.15) is 0 Å². The molecule has 0 spiro atoms. The highest BCUT2D eigenvalue weighted by Crippen LogP contribution is 2.21. The summed E-state index contributed by atoms with van der Waals surface area (Å²) >= 11 is 3.51. The molecule has 0 radical (unpaired) electrons. The van der Waals surface area contributed by atoms with E-state index >= 15 is 0 Å². The number of nitrogens with one attached hydrogen (secondary N) is 1. The number of halogens is 1. The van der Waals surface area contributed by atoms with Crippen molar-refractivity contribution in [2.75, 3.05) is 39.4 Å². The molecule has 3 N–H and O–H groups in total. The van der Waals surface area contributed by atoms with Crippen LogP contribution in [0.4, 0.5) is 0 Å². The van der Waals surface area contributed by atoms with E-state index < -0.39 is 0 Å². The molecule has 0 heterocycles. The van der Waals surface area contributed by atoms with Gasteiger partial charge in [0.05, 0.1) is 13.2 Å². The lowest BCUT2D eigenvalue weighted by molar-refractivity contribution is 0.156. The molecule has 0 amide bonds. The first kappa shape index (κ1) is 17.6. The molecule has 0 aliphatic rings. The summed E-state index contributed by atoms with van der Waals surface area (Å²) in [5, 5.41) is 21.6. The third-order valence-electron chi connectivity index (χ3n) is 3.27. The summed E-state index contributed by atoms with van der Waals surface area (Å²) < 4.78 is 1.08. The lowest BCUT2D eigenvalue weighted by Gasteiger charge is -2.24. The van der Waals surface area contributed by atoms with Gasteiger partial charge in [0.15, 0.2) is 0 Å². The minimum absolute atomic E-state index is 0.128. The molecular weight excluding hydrogens is 320 g/mol. The standard InChI is InChI=1S/C15H25BrN2O2/c1-2-17-15(13-4-3-5-14(16)12-13)6-7-18(8-10-19)9-11-20/h3-5,12,15,17,19-20H,2,6-11H2,1H3. The van der Waals surface area contributed by atoms with Crippen LogP contribution in [-0.2, 0) is 0 Å². The third-order valence-corrected chi connectivity index (χ3v) is 3.76. The lowest BCUT2D eigenvalue weighted by atomic mass is 10.0. The van der Waals surface area contributed by atoms with Gasteiger partial charge in [0.2, 0.25) is 0 Å². The van der Waals surface area contributed by atoms with E-state index in [1.165, 1.54) is 5.56 Å². The highest BCUT2D eigenvalue weighted by Gasteiger charge is 2.13. The second-order valence-electron chi connectivity index (χ2n) is 4.74. The Balaban J connectivity index is 2.62. The van der Waals surface area contributed by atoms with Gasteiger partial charge in [-0.1, -0.05) is 35.0 Å². The molecular formula is C15H25BrN2O2. The number of hydrogen-bond donors (Lipinski definition) is 3. The number of nitrogens with zero attached hydrogens (tertiary/aromatic N) is 1. The Bertz CT molecular complexity index is 371. The summed E-state index contributed by atoms with van der Waals surface area (Å²) in [4.78, 5) is 2.09. The number of benzene rings is 1. The molecule has 0 saturated heterocycles. The van der Waals surface area contributed by atoms with Crippen molar-refractivity contribution in [2.24, 2.45) is 0 Å². The van der Waals surface area contributed by atoms with Crippen LogP contribution in [0.15, 0.2) is 28.7 Å². The Kier molecular flexibility index (Phi) is 9.05. The summed E-state index contributed by atoms with van der Waals surface area (Å²) in [7, 11) is 0. The highest BCUT2D eigenvalue weighted by atomic mass is 79.9. The van der Waals surface area contributed by atoms with Crippen LogP contribution in [0.2, 0.25) is 0 Å². The smallest absolute Gasteiger partial charge is 0.0558 e. The zero-order chi connectivity index (χ0) is 14.8. The van der Waals surface area contributed by atoms with Crippen LogP contribution in [0.25, 0.3) is 0 Å². The molecule has 0 aromatic heterocycles. The van der Waals surface area contributed by atoms with E-state index in [1.807, 2.05) is 12.1 Å². The lowest BCUT2D eigenvalue weighted by Crippen LogP contribution is -2.33. The molecule has 0 bridgehead atoms. The first-order valence-corrected chi connectivity index (χ1v) is 7.93. The highest BCUT2D eigenvalue weighted by molar-refractivity contribution is 9.10. The first-order chi connectivity index (χ1) is 9.71. The molecule has 1 aromatic rings. The molecule has 1 atom stereocenters. The van der Waals surface area contributed by atoms with Crippen molar-refractivity contribution >= 4 is 15.9 Å². The molecule has 4 nitrogen and oxygen atoms in total. The van der Waals surface area contributed by atoms with E-state index in [1.54, 1.807) is 0 Å². The topological polar surface area (TPSA) is 55.7 Å².